The summed E-state index contributed by atoms with van der Waals surface area (Å²) in [5.41, 5.74) is 2.71. The topological polar surface area (TPSA) is 21.3 Å². The highest BCUT2D eigenvalue weighted by Gasteiger charge is 2.10. The van der Waals surface area contributed by atoms with Crippen LogP contribution in [0.4, 0.5) is 4.39 Å². The van der Waals surface area contributed by atoms with Crippen LogP contribution in [0.1, 0.15) is 29.7 Å². The molecule has 2 nitrogen and oxygen atoms in total. The smallest absolute Gasteiger partial charge is 0.126 e. The summed E-state index contributed by atoms with van der Waals surface area (Å²) < 4.78 is 18.9. The molecule has 0 heterocycles. The Balaban J connectivity index is 2.04. The zero-order chi connectivity index (χ0) is 14.5. The van der Waals surface area contributed by atoms with Crippen molar-refractivity contribution in [2.45, 2.75) is 26.4 Å². The van der Waals surface area contributed by atoms with Gasteiger partial charge in [-0.25, -0.2) is 4.39 Å². The Labute approximate surface area is 119 Å². The first kappa shape index (κ1) is 14.5. The molecule has 20 heavy (non-hydrogen) atoms. The highest BCUT2D eigenvalue weighted by Crippen LogP contribution is 2.24. The fraction of sp³-hybridized carbons (Fsp3) is 0.294. The van der Waals surface area contributed by atoms with Crippen LogP contribution in [0.2, 0.25) is 0 Å². The highest BCUT2D eigenvalue weighted by molar-refractivity contribution is 5.35. The third kappa shape index (κ3) is 3.36. The van der Waals surface area contributed by atoms with E-state index >= 15 is 0 Å². The summed E-state index contributed by atoms with van der Waals surface area (Å²) >= 11 is 0. The Bertz CT molecular complexity index is 583. The maximum Gasteiger partial charge on any atom is 0.126 e. The number of para-hydroxylation sites is 1. The average molecular weight is 273 g/mol. The van der Waals surface area contributed by atoms with Gasteiger partial charge in [0.25, 0.3) is 0 Å². The lowest BCUT2D eigenvalue weighted by molar-refractivity contribution is 0.401. The Morgan fingerprint density at radius 2 is 1.95 bits per heavy atom. The van der Waals surface area contributed by atoms with Gasteiger partial charge in [0.05, 0.1) is 7.11 Å². The first-order valence-corrected chi connectivity index (χ1v) is 6.73. The predicted molar refractivity (Wildman–Crippen MR) is 79.4 cm³/mol. The molecule has 1 unspecified atom stereocenters. The minimum absolute atomic E-state index is 0.135. The first-order valence-electron chi connectivity index (χ1n) is 6.73. The predicted octanol–water partition coefficient (Wildman–Crippen LogP) is 3.99. The molecular weight excluding hydrogens is 253 g/mol. The van der Waals surface area contributed by atoms with Crippen molar-refractivity contribution in [2.75, 3.05) is 7.11 Å². The van der Waals surface area contributed by atoms with E-state index in [1.807, 2.05) is 30.3 Å². The van der Waals surface area contributed by atoms with E-state index in [-0.39, 0.29) is 11.9 Å². The monoisotopic (exact) mass is 273 g/mol. The van der Waals surface area contributed by atoms with Crippen LogP contribution < -0.4 is 10.1 Å². The van der Waals surface area contributed by atoms with Gasteiger partial charge in [0, 0.05) is 18.2 Å². The lowest BCUT2D eigenvalue weighted by atomic mass is 10.1. The number of aryl methyl sites for hydroxylation is 1. The molecule has 106 valence electrons. The van der Waals surface area contributed by atoms with Crippen molar-refractivity contribution in [3.05, 3.63) is 65.0 Å². The van der Waals surface area contributed by atoms with Gasteiger partial charge in [0.1, 0.15) is 11.6 Å². The van der Waals surface area contributed by atoms with E-state index in [2.05, 4.69) is 12.2 Å². The van der Waals surface area contributed by atoms with E-state index in [1.165, 1.54) is 0 Å². The number of methoxy groups -OCH3 is 1. The number of rotatable bonds is 5. The Morgan fingerprint density at radius 3 is 2.65 bits per heavy atom. The normalized spacial score (nSPS) is 12.2. The molecule has 2 aromatic carbocycles. The molecule has 0 spiro atoms. The van der Waals surface area contributed by atoms with Crippen LogP contribution in [-0.2, 0) is 6.54 Å². The molecule has 1 atom stereocenters. The largest absolute Gasteiger partial charge is 0.496 e. The molecule has 3 heteroatoms. The van der Waals surface area contributed by atoms with Gasteiger partial charge in [0.2, 0.25) is 0 Å². The molecule has 0 fully saturated rings. The summed E-state index contributed by atoms with van der Waals surface area (Å²) in [5.74, 6) is 0.705. The molecular formula is C17H20FNO. The standard InChI is InChI=1S/C17H20FNO/c1-12-8-9-14(10-16(12)18)11-19-13(2)15-6-4-5-7-17(15)20-3/h4-10,13,19H,11H2,1-3H3. The third-order valence-corrected chi connectivity index (χ3v) is 3.45. The Kier molecular flexibility index (Phi) is 4.74. The number of ether oxygens (including phenoxy) is 1. The van der Waals surface area contributed by atoms with Gasteiger partial charge in [-0.2, -0.15) is 0 Å². The van der Waals surface area contributed by atoms with E-state index in [1.54, 1.807) is 26.2 Å². The van der Waals surface area contributed by atoms with Crippen molar-refractivity contribution in [3.8, 4) is 5.75 Å². The second kappa shape index (κ2) is 6.53. The molecule has 0 aromatic heterocycles. The van der Waals surface area contributed by atoms with Crippen LogP contribution >= 0.6 is 0 Å². The van der Waals surface area contributed by atoms with E-state index < -0.39 is 0 Å². The Hall–Kier alpha value is -1.87. The average Bonchev–Trinajstić information content (AvgIpc) is 2.48. The lowest BCUT2D eigenvalue weighted by Crippen LogP contribution is -2.18. The summed E-state index contributed by atoms with van der Waals surface area (Å²) in [6.45, 7) is 4.46. The highest BCUT2D eigenvalue weighted by atomic mass is 19.1. The van der Waals surface area contributed by atoms with Gasteiger partial charge >= 0.3 is 0 Å². The number of nitrogens with one attached hydrogen (secondary N) is 1. The first-order chi connectivity index (χ1) is 9.61. The summed E-state index contributed by atoms with van der Waals surface area (Å²) in [5, 5.41) is 3.39. The molecule has 0 amide bonds. The van der Waals surface area contributed by atoms with E-state index in [4.69, 9.17) is 4.74 Å². The van der Waals surface area contributed by atoms with Crippen LogP contribution in [0.3, 0.4) is 0 Å². The van der Waals surface area contributed by atoms with Crippen LogP contribution in [0.25, 0.3) is 0 Å². The number of halogens is 1. The van der Waals surface area contributed by atoms with E-state index in [0.717, 1.165) is 16.9 Å². The Morgan fingerprint density at radius 1 is 1.20 bits per heavy atom. The molecule has 0 aliphatic carbocycles. The lowest BCUT2D eigenvalue weighted by Gasteiger charge is -2.17. The molecule has 2 aromatic rings. The number of hydrogen-bond acceptors (Lipinski definition) is 2. The van der Waals surface area contributed by atoms with Crippen LogP contribution in [0, 0.1) is 12.7 Å². The van der Waals surface area contributed by atoms with E-state index in [0.29, 0.717) is 12.1 Å². The maximum absolute atomic E-state index is 13.5. The molecule has 0 bridgehead atoms. The second-order valence-corrected chi connectivity index (χ2v) is 4.93. The molecule has 0 radical (unpaired) electrons. The fourth-order valence-electron chi connectivity index (χ4n) is 2.15. The van der Waals surface area contributed by atoms with Gasteiger partial charge < -0.3 is 10.1 Å². The summed E-state index contributed by atoms with van der Waals surface area (Å²) in [4.78, 5) is 0. The molecule has 0 aliphatic rings. The fourth-order valence-corrected chi connectivity index (χ4v) is 2.15. The molecule has 0 aliphatic heterocycles. The minimum Gasteiger partial charge on any atom is -0.496 e. The number of benzene rings is 2. The van der Waals surface area contributed by atoms with Gasteiger partial charge in [-0.05, 0) is 37.1 Å². The zero-order valence-corrected chi connectivity index (χ0v) is 12.1. The van der Waals surface area contributed by atoms with Crippen LogP contribution in [0.5, 0.6) is 5.75 Å². The van der Waals surface area contributed by atoms with E-state index in [9.17, 15) is 4.39 Å². The minimum atomic E-state index is -0.158. The quantitative estimate of drug-likeness (QED) is 0.889. The zero-order valence-electron chi connectivity index (χ0n) is 12.1. The number of hydrogen-bond donors (Lipinski definition) is 1. The van der Waals surface area contributed by atoms with Crippen molar-refractivity contribution in [1.29, 1.82) is 0 Å². The van der Waals surface area contributed by atoms with Gasteiger partial charge in [-0.15, -0.1) is 0 Å². The molecule has 1 N–H and O–H groups in total. The van der Waals surface area contributed by atoms with Crippen LogP contribution in [-0.4, -0.2) is 7.11 Å². The summed E-state index contributed by atoms with van der Waals surface area (Å²) in [7, 11) is 1.67. The van der Waals surface area contributed by atoms with Crippen molar-refractivity contribution < 1.29 is 9.13 Å². The molecule has 0 saturated heterocycles. The van der Waals surface area contributed by atoms with Crippen molar-refractivity contribution in [1.82, 2.24) is 5.32 Å². The SMILES string of the molecule is COc1ccccc1C(C)NCc1ccc(C)c(F)c1. The van der Waals surface area contributed by atoms with Gasteiger partial charge in [-0.1, -0.05) is 30.3 Å². The van der Waals surface area contributed by atoms with Crippen molar-refractivity contribution >= 4 is 0 Å². The second-order valence-electron chi connectivity index (χ2n) is 4.93. The van der Waals surface area contributed by atoms with Crippen LogP contribution in [0.15, 0.2) is 42.5 Å². The summed E-state index contributed by atoms with van der Waals surface area (Å²) in [6, 6.07) is 13.4. The molecule has 0 saturated carbocycles. The van der Waals surface area contributed by atoms with Gasteiger partial charge in [-0.3, -0.25) is 0 Å². The maximum atomic E-state index is 13.5. The third-order valence-electron chi connectivity index (χ3n) is 3.45. The summed E-state index contributed by atoms with van der Waals surface area (Å²) in [6.07, 6.45) is 0. The van der Waals surface area contributed by atoms with Gasteiger partial charge in [0.15, 0.2) is 0 Å². The molecule has 2 rings (SSSR count). The van der Waals surface area contributed by atoms with Crippen molar-refractivity contribution in [2.24, 2.45) is 0 Å². The van der Waals surface area contributed by atoms with Crippen molar-refractivity contribution in [3.63, 3.8) is 0 Å².